The number of carbonyl (C=O) groups is 1. The molecule has 2 aromatic rings. The van der Waals surface area contributed by atoms with Crippen molar-refractivity contribution >= 4 is 54.1 Å². The van der Waals surface area contributed by atoms with Gasteiger partial charge >= 0.3 is 13.3 Å². The number of anilines is 1. The van der Waals surface area contributed by atoms with E-state index in [4.69, 9.17) is 42.6 Å². The first-order valence-electron chi connectivity index (χ1n) is 16.2. The maximum atomic E-state index is 15.7. The van der Waals surface area contributed by atoms with Crippen LogP contribution in [0.2, 0.25) is 0 Å². The second-order valence-electron chi connectivity index (χ2n) is 13.1. The molecule has 3 heterocycles. The van der Waals surface area contributed by atoms with E-state index in [1.807, 2.05) is 46.4 Å². The molecule has 5 rings (SSSR count). The van der Waals surface area contributed by atoms with Crippen molar-refractivity contribution in [3.8, 4) is 0 Å². The Hall–Kier alpha value is -2.83. The van der Waals surface area contributed by atoms with Gasteiger partial charge in [-0.25, -0.2) is 9.37 Å². The predicted molar refractivity (Wildman–Crippen MR) is 180 cm³/mol. The number of pyridine rings is 1. The van der Waals surface area contributed by atoms with Crippen LogP contribution in [-0.2, 0) is 31.6 Å². The lowest BCUT2D eigenvalue weighted by molar-refractivity contribution is -0.141. The first kappa shape index (κ1) is 38.0. The van der Waals surface area contributed by atoms with Crippen molar-refractivity contribution in [2.45, 2.75) is 108 Å². The van der Waals surface area contributed by atoms with Crippen LogP contribution in [0, 0.1) is 5.82 Å². The Labute approximate surface area is 284 Å². The van der Waals surface area contributed by atoms with Gasteiger partial charge < -0.3 is 24.3 Å². The molecule has 0 unspecified atom stereocenters. The fourth-order valence-electron chi connectivity index (χ4n) is 5.54. The van der Waals surface area contributed by atoms with Gasteiger partial charge in [0.1, 0.15) is 17.3 Å². The number of carbonyl (C=O) groups excluding carboxylic acids is 1. The zero-order valence-electron chi connectivity index (χ0n) is 28.3. The molecule has 1 aromatic carbocycles. The van der Waals surface area contributed by atoms with E-state index >= 15 is 4.39 Å². The van der Waals surface area contributed by atoms with Crippen LogP contribution < -0.4 is 15.7 Å². The Balaban J connectivity index is 0.00000255. The minimum atomic E-state index is -4.59. The van der Waals surface area contributed by atoms with E-state index in [-0.39, 0.29) is 35.7 Å². The molecule has 6 radical (unpaired) electrons. The van der Waals surface area contributed by atoms with Gasteiger partial charge in [0.15, 0.2) is 0 Å². The van der Waals surface area contributed by atoms with Gasteiger partial charge in [-0.05, 0) is 88.4 Å². The highest BCUT2D eigenvalue weighted by Crippen LogP contribution is 2.42. The molecule has 0 spiro atoms. The molecular weight excluding hydrogens is 624 g/mol. The number of aliphatic imine (C=N–C) groups is 1. The minimum Gasteiger partial charge on any atom is -0.399 e. The van der Waals surface area contributed by atoms with Crippen molar-refractivity contribution in [2.24, 2.45) is 4.99 Å². The molecule has 3 fully saturated rings. The minimum absolute atomic E-state index is 0.126. The number of amidine groups is 1. The highest BCUT2D eigenvalue weighted by Gasteiger charge is 2.52. The highest BCUT2D eigenvalue weighted by molar-refractivity contribution is 6.62. The van der Waals surface area contributed by atoms with Gasteiger partial charge in [-0.3, -0.25) is 9.79 Å². The van der Waals surface area contributed by atoms with Gasteiger partial charge in [-0.2, -0.15) is 13.2 Å². The summed E-state index contributed by atoms with van der Waals surface area (Å²) in [5.41, 5.74) is -0.421. The summed E-state index contributed by atoms with van der Waals surface area (Å²) in [6.45, 7) is 12.2. The van der Waals surface area contributed by atoms with Crippen molar-refractivity contribution in [2.75, 3.05) is 18.0 Å². The topological polar surface area (TPSA) is 85.3 Å². The number of piperidine rings is 1. The normalized spacial score (nSPS) is 19.9. The number of benzene rings is 1. The molecule has 16 heteroatoms. The van der Waals surface area contributed by atoms with Crippen LogP contribution in [0.1, 0.15) is 95.7 Å². The van der Waals surface area contributed by atoms with E-state index in [0.717, 1.165) is 6.07 Å². The predicted octanol–water partition coefficient (Wildman–Crippen LogP) is 4.24. The molecule has 0 bridgehead atoms. The summed E-state index contributed by atoms with van der Waals surface area (Å²) in [6.07, 6.45) is -1.73. The molecule has 8 nitrogen and oxygen atoms in total. The van der Waals surface area contributed by atoms with Gasteiger partial charge in [0.2, 0.25) is 6.41 Å². The van der Waals surface area contributed by atoms with Crippen LogP contribution in [0.4, 0.5) is 23.2 Å². The Morgan fingerprint density at radius 3 is 2.21 bits per heavy atom. The smallest absolute Gasteiger partial charge is 0.399 e. The zero-order chi connectivity index (χ0) is 35.7. The third kappa shape index (κ3) is 8.84. The average Bonchev–Trinajstić information content (AvgIpc) is 3.82. The second-order valence-corrected chi connectivity index (χ2v) is 13.1. The number of alkyl halides is 3. The van der Waals surface area contributed by atoms with Crippen LogP contribution in [0.3, 0.4) is 0 Å². The quantitative estimate of drug-likeness (QED) is 0.142. The second kappa shape index (κ2) is 14.6. The van der Waals surface area contributed by atoms with Crippen molar-refractivity contribution in [1.29, 1.82) is 0 Å². The summed E-state index contributed by atoms with van der Waals surface area (Å²) in [7, 11) is 16.0. The lowest BCUT2D eigenvalue weighted by Crippen LogP contribution is -2.41. The molecule has 3 aliphatic rings. The van der Waals surface area contributed by atoms with Gasteiger partial charge in [0, 0.05) is 35.8 Å². The summed E-state index contributed by atoms with van der Waals surface area (Å²) in [6, 6.07) is 5.05. The van der Waals surface area contributed by atoms with Crippen molar-refractivity contribution < 1.29 is 36.4 Å². The summed E-state index contributed by atoms with van der Waals surface area (Å²) in [4.78, 5) is 22.1. The molecule has 1 aromatic heterocycles. The molecular formula is C32H40B4F4N4O4. The number of halogens is 4. The van der Waals surface area contributed by atoms with Crippen molar-refractivity contribution in [1.82, 2.24) is 10.3 Å². The van der Waals surface area contributed by atoms with Crippen LogP contribution in [0.25, 0.3) is 0 Å². The summed E-state index contributed by atoms with van der Waals surface area (Å²) in [5, 5.41) is 0.593. The molecule has 0 atom stereocenters. The van der Waals surface area contributed by atoms with Crippen LogP contribution in [0.5, 0.6) is 0 Å². The van der Waals surface area contributed by atoms with Gasteiger partial charge in [-0.15, -0.1) is 0 Å². The van der Waals surface area contributed by atoms with E-state index in [9.17, 15) is 18.0 Å². The first-order chi connectivity index (χ1) is 22.4. The zero-order valence-corrected chi connectivity index (χ0v) is 28.3. The van der Waals surface area contributed by atoms with Crippen molar-refractivity contribution in [3.05, 3.63) is 52.6 Å². The highest BCUT2D eigenvalue weighted by atomic mass is 19.4. The van der Waals surface area contributed by atoms with E-state index < -0.39 is 41.3 Å². The SMILES string of the molecule is CC.[B]C([B])([B])OCc1c(F)cc(B2OC(C)(C)C(C)(C)O2)cc1N1CCC(N=C(NC=O)c2ccc(C(F)(F)F)nc2C2CC2)CC1. The molecule has 2 aliphatic heterocycles. The lowest BCUT2D eigenvalue weighted by atomic mass is 9.52. The van der Waals surface area contributed by atoms with Crippen LogP contribution >= 0.6 is 0 Å². The Morgan fingerprint density at radius 1 is 1.08 bits per heavy atom. The number of nitrogens with one attached hydrogen (secondary N) is 1. The standard InChI is InChI=1S/C30H34B4F4N4O4.C2H6/c1-27(2)28(3,4)46-34(45-27)18-13-22(35)21(15-44-30(31,32)33)23(14-18)42-11-9-19(10-12-42)40-26(39-16-43)20-7-8-24(29(36,37)38)41-25(20)17-5-6-17;1-2/h7-8,13-14,16-17,19H,5-6,9-12,15H2,1-4H3,(H,39,40,43);1-2H3. The summed E-state index contributed by atoms with van der Waals surface area (Å²) in [5.74, 6) is -0.532. The third-order valence-electron chi connectivity index (χ3n) is 8.93. The Morgan fingerprint density at radius 2 is 1.69 bits per heavy atom. The average molecular weight is 664 g/mol. The van der Waals surface area contributed by atoms with Crippen LogP contribution in [0.15, 0.2) is 29.3 Å². The van der Waals surface area contributed by atoms with E-state index in [2.05, 4.69) is 10.3 Å². The summed E-state index contributed by atoms with van der Waals surface area (Å²) >= 11 is 0. The number of hydrogen-bond donors (Lipinski definition) is 1. The van der Waals surface area contributed by atoms with Gasteiger partial charge in [0.05, 0.1) is 53.1 Å². The van der Waals surface area contributed by atoms with Crippen LogP contribution in [-0.4, -0.2) is 83.5 Å². The molecule has 1 saturated carbocycles. The fraction of sp³-hybridized carbons (Fsp3) is 0.594. The molecule has 1 aliphatic carbocycles. The maximum Gasteiger partial charge on any atom is 0.495 e. The largest absolute Gasteiger partial charge is 0.495 e. The van der Waals surface area contributed by atoms with Crippen molar-refractivity contribution in [3.63, 3.8) is 0 Å². The number of hydrogen-bond acceptors (Lipinski definition) is 7. The van der Waals surface area contributed by atoms with E-state index in [0.29, 0.717) is 61.9 Å². The molecule has 252 valence electrons. The fourth-order valence-corrected chi connectivity index (χ4v) is 5.54. The lowest BCUT2D eigenvalue weighted by Gasteiger charge is -2.35. The summed E-state index contributed by atoms with van der Waals surface area (Å²) < 4.78 is 73.6. The third-order valence-corrected chi connectivity index (χ3v) is 8.93. The number of aromatic nitrogens is 1. The monoisotopic (exact) mass is 664 g/mol. The molecule has 1 N–H and O–H groups in total. The van der Waals surface area contributed by atoms with Gasteiger partial charge in [-0.1, -0.05) is 13.8 Å². The van der Waals surface area contributed by atoms with E-state index in [1.54, 1.807) is 6.07 Å². The maximum absolute atomic E-state index is 15.7. The number of nitrogens with zero attached hydrogens (tertiary/aromatic N) is 3. The number of rotatable bonds is 9. The Bertz CT molecular complexity index is 1480. The number of amides is 1. The Kier molecular flexibility index (Phi) is 11.5. The number of ether oxygens (including phenoxy) is 1. The van der Waals surface area contributed by atoms with Gasteiger partial charge in [0.25, 0.3) is 0 Å². The molecule has 2 saturated heterocycles. The van der Waals surface area contributed by atoms with E-state index in [1.165, 1.54) is 12.1 Å². The molecule has 1 amide bonds. The molecule has 48 heavy (non-hydrogen) atoms. The first-order valence-corrected chi connectivity index (χ1v) is 16.2.